The summed E-state index contributed by atoms with van der Waals surface area (Å²) in [6, 6.07) is 3.95. The maximum atomic E-state index is 5.67. The highest BCUT2D eigenvalue weighted by Gasteiger charge is 2.14. The predicted molar refractivity (Wildman–Crippen MR) is 65.6 cm³/mol. The molecule has 3 aromatic rings. The number of hydrogen-bond donors (Lipinski definition) is 1. The summed E-state index contributed by atoms with van der Waals surface area (Å²) in [7, 11) is 0. The first-order chi connectivity index (χ1) is 7.74. The Morgan fingerprint density at radius 1 is 1.38 bits per heavy atom. The molecule has 3 rings (SSSR count). The average molecular weight is 251 g/mol. The van der Waals surface area contributed by atoms with Crippen molar-refractivity contribution in [2.45, 2.75) is 13.0 Å². The summed E-state index contributed by atoms with van der Waals surface area (Å²) in [6.45, 7) is 1.82. The van der Waals surface area contributed by atoms with Crippen molar-refractivity contribution in [2.24, 2.45) is 5.73 Å². The molecule has 6 heteroatoms. The van der Waals surface area contributed by atoms with Crippen LogP contribution in [0.2, 0.25) is 0 Å². The Hall–Kier alpha value is -1.24. The molecule has 0 aliphatic rings. The van der Waals surface area contributed by atoms with Crippen LogP contribution >= 0.6 is 22.7 Å². The van der Waals surface area contributed by atoms with Gasteiger partial charge in [-0.25, -0.2) is 0 Å². The van der Waals surface area contributed by atoms with Gasteiger partial charge in [-0.05, 0) is 24.4 Å². The van der Waals surface area contributed by atoms with E-state index in [-0.39, 0.29) is 6.04 Å². The number of hydrogen-bond acceptors (Lipinski definition) is 6. The second-order valence-electron chi connectivity index (χ2n) is 3.49. The van der Waals surface area contributed by atoms with Gasteiger partial charge >= 0.3 is 0 Å². The van der Waals surface area contributed by atoms with Crippen LogP contribution in [0.4, 0.5) is 0 Å². The third kappa shape index (κ3) is 1.55. The topological polar surface area (TPSA) is 64.9 Å². The molecule has 0 bridgehead atoms. The van der Waals surface area contributed by atoms with Crippen molar-refractivity contribution in [3.8, 4) is 10.8 Å². The SMILES string of the molecule is CC(N)c1nnc(-c2cc3sccc3s2)o1. The minimum Gasteiger partial charge on any atom is -0.418 e. The Morgan fingerprint density at radius 2 is 2.25 bits per heavy atom. The standard InChI is InChI=1S/C10H9N3OS2/c1-5(11)9-12-13-10(14-9)8-4-7-6(16-8)2-3-15-7/h2-5H,11H2,1H3. The van der Waals surface area contributed by atoms with E-state index in [0.717, 1.165) is 4.88 Å². The fraction of sp³-hybridized carbons (Fsp3) is 0.200. The third-order valence-electron chi connectivity index (χ3n) is 2.18. The smallest absolute Gasteiger partial charge is 0.257 e. The van der Waals surface area contributed by atoms with E-state index < -0.39 is 0 Å². The van der Waals surface area contributed by atoms with Crippen molar-refractivity contribution < 1.29 is 4.42 Å². The summed E-state index contributed by atoms with van der Waals surface area (Å²) in [4.78, 5) is 1.00. The second-order valence-corrected chi connectivity index (χ2v) is 5.53. The van der Waals surface area contributed by atoms with Crippen LogP contribution in [0.1, 0.15) is 18.9 Å². The summed E-state index contributed by atoms with van der Waals surface area (Å²) in [5.74, 6) is 1.03. The lowest BCUT2D eigenvalue weighted by Gasteiger charge is -1.93. The zero-order chi connectivity index (χ0) is 11.1. The molecule has 0 saturated carbocycles. The fourth-order valence-electron chi connectivity index (χ4n) is 1.39. The van der Waals surface area contributed by atoms with Gasteiger partial charge in [0, 0.05) is 9.40 Å². The lowest BCUT2D eigenvalue weighted by molar-refractivity contribution is 0.474. The maximum Gasteiger partial charge on any atom is 0.257 e. The molecule has 0 aliphatic carbocycles. The van der Waals surface area contributed by atoms with E-state index in [1.165, 1.54) is 9.40 Å². The van der Waals surface area contributed by atoms with Gasteiger partial charge in [0.1, 0.15) is 0 Å². The van der Waals surface area contributed by atoms with Gasteiger partial charge in [-0.3, -0.25) is 0 Å². The lowest BCUT2D eigenvalue weighted by Crippen LogP contribution is -2.04. The summed E-state index contributed by atoms with van der Waals surface area (Å²) in [5, 5.41) is 9.99. The van der Waals surface area contributed by atoms with E-state index in [2.05, 4.69) is 27.7 Å². The summed E-state index contributed by atoms with van der Waals surface area (Å²) in [5.41, 5.74) is 5.67. The van der Waals surface area contributed by atoms with Crippen molar-refractivity contribution >= 4 is 32.1 Å². The van der Waals surface area contributed by atoms with E-state index in [4.69, 9.17) is 10.2 Å². The van der Waals surface area contributed by atoms with E-state index in [9.17, 15) is 0 Å². The number of rotatable bonds is 2. The average Bonchev–Trinajstić information content (AvgIpc) is 2.91. The Balaban J connectivity index is 2.05. The highest BCUT2D eigenvalue weighted by Crippen LogP contribution is 2.35. The molecular formula is C10H9N3OS2. The molecule has 0 radical (unpaired) electrons. The predicted octanol–water partition coefficient (Wildman–Crippen LogP) is 3.03. The molecule has 0 amide bonds. The summed E-state index contributed by atoms with van der Waals surface area (Å²) >= 11 is 3.37. The van der Waals surface area contributed by atoms with Crippen molar-refractivity contribution in [1.29, 1.82) is 0 Å². The zero-order valence-electron chi connectivity index (χ0n) is 8.51. The van der Waals surface area contributed by atoms with Crippen LogP contribution in [-0.2, 0) is 0 Å². The second kappa shape index (κ2) is 3.65. The van der Waals surface area contributed by atoms with Crippen LogP contribution in [0.5, 0.6) is 0 Å². The van der Waals surface area contributed by atoms with Crippen LogP contribution in [0.15, 0.2) is 21.9 Å². The first-order valence-electron chi connectivity index (χ1n) is 4.80. The monoisotopic (exact) mass is 251 g/mol. The zero-order valence-corrected chi connectivity index (χ0v) is 10.1. The van der Waals surface area contributed by atoms with Gasteiger partial charge in [0.05, 0.1) is 10.9 Å². The number of aromatic nitrogens is 2. The largest absolute Gasteiger partial charge is 0.418 e. The van der Waals surface area contributed by atoms with Crippen molar-refractivity contribution in [1.82, 2.24) is 10.2 Å². The Bertz CT molecular complexity index is 594. The van der Waals surface area contributed by atoms with Crippen LogP contribution < -0.4 is 5.73 Å². The minimum absolute atomic E-state index is 0.220. The maximum absolute atomic E-state index is 5.67. The quantitative estimate of drug-likeness (QED) is 0.760. The van der Waals surface area contributed by atoms with Crippen molar-refractivity contribution in [3.63, 3.8) is 0 Å². The Kier molecular flexibility index (Phi) is 2.27. The molecular weight excluding hydrogens is 242 g/mol. The number of fused-ring (bicyclic) bond motifs is 1. The lowest BCUT2D eigenvalue weighted by atomic mass is 10.4. The van der Waals surface area contributed by atoms with Crippen LogP contribution in [0.25, 0.3) is 20.2 Å². The molecule has 1 unspecified atom stereocenters. The van der Waals surface area contributed by atoms with Crippen molar-refractivity contribution in [3.05, 3.63) is 23.4 Å². The number of nitrogens with two attached hydrogens (primary N) is 1. The van der Waals surface area contributed by atoms with Gasteiger partial charge < -0.3 is 10.2 Å². The van der Waals surface area contributed by atoms with E-state index >= 15 is 0 Å². The molecule has 0 fully saturated rings. The molecule has 0 aromatic carbocycles. The van der Waals surface area contributed by atoms with E-state index in [0.29, 0.717) is 11.8 Å². The molecule has 2 N–H and O–H groups in total. The highest BCUT2D eigenvalue weighted by atomic mass is 32.1. The third-order valence-corrected chi connectivity index (χ3v) is 4.26. The van der Waals surface area contributed by atoms with Gasteiger partial charge in [0.2, 0.25) is 5.89 Å². The number of nitrogens with zero attached hydrogens (tertiary/aromatic N) is 2. The molecule has 1 atom stereocenters. The molecule has 82 valence electrons. The van der Waals surface area contributed by atoms with Crippen LogP contribution in [0, 0.1) is 0 Å². The van der Waals surface area contributed by atoms with Gasteiger partial charge in [0.15, 0.2) is 0 Å². The summed E-state index contributed by atoms with van der Waals surface area (Å²) in [6.07, 6.45) is 0. The molecule has 4 nitrogen and oxygen atoms in total. The molecule has 3 aromatic heterocycles. The molecule has 0 spiro atoms. The first kappa shape index (κ1) is 9.95. The first-order valence-corrected chi connectivity index (χ1v) is 6.50. The van der Waals surface area contributed by atoms with Crippen LogP contribution in [-0.4, -0.2) is 10.2 Å². The number of thiophene rings is 2. The minimum atomic E-state index is -0.220. The Labute approximate surface area is 99.7 Å². The highest BCUT2D eigenvalue weighted by molar-refractivity contribution is 7.28. The van der Waals surface area contributed by atoms with Crippen LogP contribution in [0.3, 0.4) is 0 Å². The van der Waals surface area contributed by atoms with E-state index in [1.807, 2.05) is 6.92 Å². The molecule has 0 aliphatic heterocycles. The normalized spacial score (nSPS) is 13.4. The molecule has 16 heavy (non-hydrogen) atoms. The van der Waals surface area contributed by atoms with Crippen molar-refractivity contribution in [2.75, 3.05) is 0 Å². The summed E-state index contributed by atoms with van der Waals surface area (Å²) < 4.78 is 8.00. The fourth-order valence-corrected chi connectivity index (χ4v) is 3.42. The molecule has 0 saturated heterocycles. The molecule has 3 heterocycles. The van der Waals surface area contributed by atoms with Gasteiger partial charge in [0.25, 0.3) is 5.89 Å². The van der Waals surface area contributed by atoms with Gasteiger partial charge in [-0.2, -0.15) is 0 Å². The Morgan fingerprint density at radius 3 is 2.94 bits per heavy atom. The van der Waals surface area contributed by atoms with E-state index in [1.54, 1.807) is 22.7 Å². The van der Waals surface area contributed by atoms with Gasteiger partial charge in [-0.15, -0.1) is 32.9 Å². The van der Waals surface area contributed by atoms with Gasteiger partial charge in [-0.1, -0.05) is 0 Å².